The number of rotatable bonds is 13. The summed E-state index contributed by atoms with van der Waals surface area (Å²) in [4.78, 5) is 16.9. The van der Waals surface area contributed by atoms with E-state index >= 15 is 0 Å². The van der Waals surface area contributed by atoms with Gasteiger partial charge in [0.1, 0.15) is 6.07 Å². The topological polar surface area (TPSA) is 72.3 Å². The summed E-state index contributed by atoms with van der Waals surface area (Å²) in [6.07, 6.45) is 0. The Labute approximate surface area is 605 Å². The van der Waals surface area contributed by atoms with Crippen molar-refractivity contribution in [2.75, 3.05) is 0 Å². The minimum atomic E-state index is 0.531. The number of aromatic nitrogens is 5. The Kier molecular flexibility index (Phi) is 15.8. The summed E-state index contributed by atoms with van der Waals surface area (Å²) in [6.45, 7) is 8.87. The maximum Gasteiger partial charge on any atom is 0.102 e. The standard InChI is InChI=1S/C98H68N6/c1-62-29-27-30-63(2)92(62)95-81(61-99)97(103-88-47-25-23-45-77(88)79-53-72(49-51-90(79)103)66-33-11-5-12-34-66)96(93-64(3)31-28-32-65(93)4)98(104-89-48-26-24-46-78(89)80-54-73(50-52-91(80)104)67-35-13-6-14-36-67)94(95)76-59-86(74-55-82(68-37-15-7-16-38-68)100-83(56-74)69-39-17-8-18-40-69)102-87(60-76)75-57-84(70-41-19-9-20-42-70)101-85(58-75)71-43-21-10-22-44-71/h5-60H,1-4H3. The second-order valence-electron chi connectivity index (χ2n) is 27.1. The minimum absolute atomic E-state index is 0.531. The highest BCUT2D eigenvalue weighted by Gasteiger charge is 2.35. The number of hydrogen-bond acceptors (Lipinski definition) is 4. The van der Waals surface area contributed by atoms with Crippen LogP contribution in [-0.4, -0.2) is 24.1 Å². The lowest BCUT2D eigenvalue weighted by Gasteiger charge is -2.30. The predicted octanol–water partition coefficient (Wildman–Crippen LogP) is 25.5. The van der Waals surface area contributed by atoms with Crippen LogP contribution in [0.15, 0.2) is 340 Å². The van der Waals surface area contributed by atoms with E-state index in [1.807, 2.05) is 24.3 Å². The Bertz CT molecular complexity index is 6130. The number of aryl methyl sites for hydroxylation is 4. The van der Waals surface area contributed by atoms with Crippen molar-refractivity contribution in [1.29, 1.82) is 5.26 Å². The van der Waals surface area contributed by atoms with Gasteiger partial charge in [-0.3, -0.25) is 0 Å². The molecule has 0 radical (unpaired) electrons. The lowest BCUT2D eigenvalue weighted by atomic mass is 9.79. The first-order valence-electron chi connectivity index (χ1n) is 35.5. The Hall–Kier alpha value is -13.6. The molecule has 0 saturated heterocycles. The van der Waals surface area contributed by atoms with E-state index in [1.54, 1.807) is 0 Å². The Morgan fingerprint density at radius 3 is 0.885 bits per heavy atom. The van der Waals surface area contributed by atoms with Gasteiger partial charge in [-0.05, 0) is 162 Å². The molecule has 0 aliphatic carbocycles. The zero-order chi connectivity index (χ0) is 69.9. The Balaban J connectivity index is 1.09. The van der Waals surface area contributed by atoms with Crippen LogP contribution in [0, 0.1) is 39.0 Å². The fourth-order valence-electron chi connectivity index (χ4n) is 15.9. The largest absolute Gasteiger partial charge is 0.308 e. The fourth-order valence-corrected chi connectivity index (χ4v) is 15.9. The van der Waals surface area contributed by atoms with Gasteiger partial charge in [0.2, 0.25) is 0 Å². The molecule has 0 spiro atoms. The van der Waals surface area contributed by atoms with E-state index in [2.05, 4.69) is 358 Å². The molecule has 6 nitrogen and oxygen atoms in total. The zero-order valence-electron chi connectivity index (χ0n) is 58.0. The Morgan fingerprint density at radius 2 is 0.519 bits per heavy atom. The number of fused-ring (bicyclic) bond motifs is 6. The summed E-state index contributed by atoms with van der Waals surface area (Å²) in [5.74, 6) is 0. The highest BCUT2D eigenvalue weighted by molar-refractivity contribution is 6.17. The molecule has 0 unspecified atom stereocenters. The highest BCUT2D eigenvalue weighted by atomic mass is 15.0. The van der Waals surface area contributed by atoms with Crippen molar-refractivity contribution >= 4 is 43.6 Å². The quantitative estimate of drug-likeness (QED) is 0.115. The molecule has 0 aliphatic heterocycles. The number of nitriles is 1. The molecule has 5 aromatic heterocycles. The van der Waals surface area contributed by atoms with Gasteiger partial charge in [-0.15, -0.1) is 0 Å². The minimum Gasteiger partial charge on any atom is -0.308 e. The van der Waals surface area contributed by atoms with Crippen molar-refractivity contribution in [3.8, 4) is 141 Å². The molecule has 0 amide bonds. The van der Waals surface area contributed by atoms with Gasteiger partial charge in [-0.1, -0.05) is 267 Å². The molecule has 0 fully saturated rings. The summed E-state index contributed by atoms with van der Waals surface area (Å²) in [7, 11) is 0. The van der Waals surface area contributed by atoms with Crippen LogP contribution in [0.4, 0.5) is 0 Å². The van der Waals surface area contributed by atoms with E-state index in [4.69, 9.17) is 15.0 Å². The molecule has 0 N–H and O–H groups in total. The van der Waals surface area contributed by atoms with E-state index in [0.29, 0.717) is 5.56 Å². The smallest absolute Gasteiger partial charge is 0.102 e. The maximum atomic E-state index is 13.3. The molecule has 18 aromatic rings. The molecule has 490 valence electrons. The number of hydrogen-bond donors (Lipinski definition) is 0. The third-order valence-corrected chi connectivity index (χ3v) is 20.7. The molecule has 0 saturated carbocycles. The van der Waals surface area contributed by atoms with Crippen LogP contribution in [-0.2, 0) is 0 Å². The lowest BCUT2D eigenvalue weighted by molar-refractivity contribution is 1.12. The Morgan fingerprint density at radius 1 is 0.221 bits per heavy atom. The highest BCUT2D eigenvalue weighted by Crippen LogP contribution is 2.55. The van der Waals surface area contributed by atoms with Crippen molar-refractivity contribution in [3.63, 3.8) is 0 Å². The van der Waals surface area contributed by atoms with Crippen LogP contribution in [0.3, 0.4) is 0 Å². The third kappa shape index (κ3) is 10.9. The van der Waals surface area contributed by atoms with Crippen LogP contribution in [0.1, 0.15) is 27.8 Å². The van der Waals surface area contributed by atoms with E-state index in [0.717, 1.165) is 200 Å². The van der Waals surface area contributed by atoms with Gasteiger partial charge in [0.25, 0.3) is 0 Å². The van der Waals surface area contributed by atoms with Gasteiger partial charge >= 0.3 is 0 Å². The van der Waals surface area contributed by atoms with Gasteiger partial charge in [0.15, 0.2) is 0 Å². The van der Waals surface area contributed by atoms with Gasteiger partial charge in [0.05, 0.1) is 73.2 Å². The third-order valence-electron chi connectivity index (χ3n) is 20.7. The van der Waals surface area contributed by atoms with Crippen LogP contribution < -0.4 is 0 Å². The summed E-state index contributed by atoms with van der Waals surface area (Å²) in [5.41, 5.74) is 30.6. The molecule has 0 atom stereocenters. The van der Waals surface area contributed by atoms with Crippen molar-refractivity contribution in [2.24, 2.45) is 0 Å². The molecule has 0 bridgehead atoms. The number of pyridine rings is 3. The SMILES string of the molecule is Cc1cccc(C)c1-c1c(C#N)c(-n2c3ccccc3c3cc(-c4ccccc4)ccc32)c(-c2c(C)cccc2C)c(-n2c3ccccc3c3cc(-c4ccccc4)ccc32)c1-c1cc(-c2cc(-c3ccccc3)nc(-c3ccccc3)c2)nc(-c2cc(-c3ccccc3)nc(-c3ccccc3)c2)c1. The maximum absolute atomic E-state index is 13.3. The summed E-state index contributed by atoms with van der Waals surface area (Å²) in [6, 6.07) is 124. The van der Waals surface area contributed by atoms with Crippen molar-refractivity contribution in [2.45, 2.75) is 27.7 Å². The first-order chi connectivity index (χ1) is 51.2. The van der Waals surface area contributed by atoms with Crippen molar-refractivity contribution in [1.82, 2.24) is 24.1 Å². The van der Waals surface area contributed by atoms with Gasteiger partial charge in [-0.2, -0.15) is 5.26 Å². The molecule has 6 heteroatoms. The van der Waals surface area contributed by atoms with Crippen molar-refractivity contribution in [3.05, 3.63) is 368 Å². The summed E-state index contributed by atoms with van der Waals surface area (Å²) < 4.78 is 4.97. The first-order valence-corrected chi connectivity index (χ1v) is 35.5. The van der Waals surface area contributed by atoms with Gasteiger partial charge in [0, 0.05) is 71.6 Å². The molecule has 13 aromatic carbocycles. The average molecular weight is 1330 g/mol. The zero-order valence-corrected chi connectivity index (χ0v) is 58.0. The second-order valence-corrected chi connectivity index (χ2v) is 27.1. The van der Waals surface area contributed by atoms with Gasteiger partial charge < -0.3 is 9.13 Å². The average Bonchev–Trinajstić information content (AvgIpc) is 1.35. The van der Waals surface area contributed by atoms with E-state index < -0.39 is 0 Å². The van der Waals surface area contributed by atoms with Crippen molar-refractivity contribution < 1.29 is 0 Å². The lowest BCUT2D eigenvalue weighted by Crippen LogP contribution is -2.12. The van der Waals surface area contributed by atoms with Crippen LogP contribution in [0.5, 0.6) is 0 Å². The molecule has 5 heterocycles. The molecule has 18 rings (SSSR count). The fraction of sp³-hybridized carbons (Fsp3) is 0.0408. The summed E-state index contributed by atoms with van der Waals surface area (Å²) in [5, 5.41) is 17.6. The molecular weight excluding hydrogens is 1260 g/mol. The van der Waals surface area contributed by atoms with E-state index in [1.165, 1.54) is 0 Å². The summed E-state index contributed by atoms with van der Waals surface area (Å²) >= 11 is 0. The van der Waals surface area contributed by atoms with Crippen LogP contribution >= 0.6 is 0 Å². The first kappa shape index (κ1) is 62.6. The predicted molar refractivity (Wildman–Crippen MR) is 432 cm³/mol. The molecule has 0 aliphatic rings. The normalized spacial score (nSPS) is 11.5. The monoisotopic (exact) mass is 1330 g/mol. The second kappa shape index (κ2) is 26.2. The number of nitrogens with zero attached hydrogens (tertiary/aromatic N) is 6. The van der Waals surface area contributed by atoms with E-state index in [-0.39, 0.29) is 0 Å². The number of para-hydroxylation sites is 2. The molecule has 104 heavy (non-hydrogen) atoms. The van der Waals surface area contributed by atoms with Crippen LogP contribution in [0.2, 0.25) is 0 Å². The van der Waals surface area contributed by atoms with E-state index in [9.17, 15) is 5.26 Å². The molecular formula is C98H68N6. The van der Waals surface area contributed by atoms with Gasteiger partial charge in [-0.25, -0.2) is 15.0 Å². The van der Waals surface area contributed by atoms with Crippen LogP contribution in [0.25, 0.3) is 178 Å². The number of benzene rings is 13.